The van der Waals surface area contributed by atoms with Crippen LogP contribution in [-0.4, -0.2) is 58.2 Å². The van der Waals surface area contributed by atoms with E-state index in [1.165, 1.54) is 5.56 Å². The van der Waals surface area contributed by atoms with Crippen molar-refractivity contribution >= 4 is 5.91 Å². The van der Waals surface area contributed by atoms with Crippen LogP contribution in [0.3, 0.4) is 0 Å². The molecular weight excluding hydrogens is 324 g/mol. The Hall–Kier alpha value is -2.14. The van der Waals surface area contributed by atoms with Crippen molar-refractivity contribution in [3.05, 3.63) is 54.4 Å². The van der Waals surface area contributed by atoms with Crippen LogP contribution in [0.2, 0.25) is 0 Å². The highest BCUT2D eigenvalue weighted by atomic mass is 16.2. The summed E-state index contributed by atoms with van der Waals surface area (Å²) in [6.45, 7) is 4.94. The van der Waals surface area contributed by atoms with Gasteiger partial charge in [0.1, 0.15) is 6.04 Å². The molecule has 1 saturated heterocycles. The minimum Gasteiger partial charge on any atom is -0.337 e. The maximum Gasteiger partial charge on any atom is 0.247 e. The number of carbonyl (C=O) groups is 1. The summed E-state index contributed by atoms with van der Waals surface area (Å²) in [6.07, 6.45) is 7.40. The number of likely N-dealkylation sites (tertiary alicyclic amines) is 1. The van der Waals surface area contributed by atoms with Crippen molar-refractivity contribution in [1.82, 2.24) is 19.6 Å². The summed E-state index contributed by atoms with van der Waals surface area (Å²) in [6, 6.07) is 12.5. The van der Waals surface area contributed by atoms with Crippen molar-refractivity contribution in [3.8, 4) is 0 Å². The number of nitrogens with zero attached hydrogens (tertiary/aromatic N) is 4. The minimum atomic E-state index is -0.208. The lowest BCUT2D eigenvalue weighted by molar-refractivity contribution is -0.138. The van der Waals surface area contributed by atoms with E-state index in [2.05, 4.69) is 53.1 Å². The van der Waals surface area contributed by atoms with Crippen molar-refractivity contribution in [2.45, 2.75) is 44.7 Å². The standard InChI is InChI=1S/C21H30N4O/c1-3-20(25-14-7-13-22-25)21(26)24(19-11-15-23(2)16-12-19)17-10-18-8-5-4-6-9-18/h4-9,13-14,19-20H,3,10-12,15-17H2,1-2H3. The number of piperidine rings is 1. The van der Waals surface area contributed by atoms with Gasteiger partial charge >= 0.3 is 0 Å². The first-order chi connectivity index (χ1) is 12.7. The summed E-state index contributed by atoms with van der Waals surface area (Å²) < 4.78 is 1.81. The Balaban J connectivity index is 1.75. The maximum atomic E-state index is 13.4. The third-order valence-corrected chi connectivity index (χ3v) is 5.41. The van der Waals surface area contributed by atoms with E-state index in [0.717, 1.165) is 45.3 Å². The summed E-state index contributed by atoms with van der Waals surface area (Å²) in [4.78, 5) is 17.9. The smallest absolute Gasteiger partial charge is 0.247 e. The predicted molar refractivity (Wildman–Crippen MR) is 104 cm³/mol. The number of aromatic nitrogens is 2. The van der Waals surface area contributed by atoms with Crippen LogP contribution in [0.15, 0.2) is 48.8 Å². The van der Waals surface area contributed by atoms with Gasteiger partial charge < -0.3 is 9.80 Å². The zero-order chi connectivity index (χ0) is 18.4. The number of benzene rings is 1. The molecule has 140 valence electrons. The van der Waals surface area contributed by atoms with Crippen LogP contribution < -0.4 is 0 Å². The lowest BCUT2D eigenvalue weighted by Gasteiger charge is -2.39. The monoisotopic (exact) mass is 354 g/mol. The predicted octanol–water partition coefficient (Wildman–Crippen LogP) is 3.00. The number of carbonyl (C=O) groups excluding carboxylic acids is 1. The van der Waals surface area contributed by atoms with Crippen LogP contribution in [0.5, 0.6) is 0 Å². The molecular formula is C21H30N4O. The van der Waals surface area contributed by atoms with Gasteiger partial charge in [-0.05, 0) is 57.5 Å². The van der Waals surface area contributed by atoms with Crippen LogP contribution in [0.1, 0.15) is 37.8 Å². The summed E-state index contributed by atoms with van der Waals surface area (Å²) in [7, 11) is 2.16. The average Bonchev–Trinajstić information content (AvgIpc) is 3.19. The molecule has 0 radical (unpaired) electrons. The molecule has 1 aromatic heterocycles. The second-order valence-electron chi connectivity index (χ2n) is 7.21. The molecule has 0 N–H and O–H groups in total. The molecule has 0 bridgehead atoms. The van der Waals surface area contributed by atoms with E-state index in [0.29, 0.717) is 6.04 Å². The molecule has 1 atom stereocenters. The fourth-order valence-corrected chi connectivity index (χ4v) is 3.80. The highest BCUT2D eigenvalue weighted by molar-refractivity contribution is 5.80. The first-order valence-electron chi connectivity index (χ1n) is 9.71. The van der Waals surface area contributed by atoms with E-state index in [-0.39, 0.29) is 11.9 Å². The lowest BCUT2D eigenvalue weighted by atomic mass is 10.0. The van der Waals surface area contributed by atoms with Crippen molar-refractivity contribution in [3.63, 3.8) is 0 Å². The molecule has 2 heterocycles. The minimum absolute atomic E-state index is 0.208. The molecule has 2 aromatic rings. The topological polar surface area (TPSA) is 41.4 Å². The molecule has 1 aliphatic heterocycles. The summed E-state index contributed by atoms with van der Waals surface area (Å²) in [5.74, 6) is 0.210. The van der Waals surface area contributed by atoms with Gasteiger partial charge in [0, 0.05) is 25.0 Å². The van der Waals surface area contributed by atoms with Crippen LogP contribution in [0, 0.1) is 0 Å². The van der Waals surface area contributed by atoms with E-state index in [4.69, 9.17) is 0 Å². The van der Waals surface area contributed by atoms with Gasteiger partial charge in [-0.15, -0.1) is 0 Å². The van der Waals surface area contributed by atoms with Crippen LogP contribution in [-0.2, 0) is 11.2 Å². The molecule has 3 rings (SSSR count). The van der Waals surface area contributed by atoms with Gasteiger partial charge in [0.15, 0.2) is 0 Å². The molecule has 5 nitrogen and oxygen atoms in total. The number of rotatable bonds is 7. The Kier molecular flexibility index (Phi) is 6.45. The zero-order valence-electron chi connectivity index (χ0n) is 15.9. The fraction of sp³-hybridized carbons (Fsp3) is 0.524. The first-order valence-corrected chi connectivity index (χ1v) is 9.71. The van der Waals surface area contributed by atoms with E-state index in [1.807, 2.05) is 23.0 Å². The molecule has 26 heavy (non-hydrogen) atoms. The Labute approximate surface area is 156 Å². The van der Waals surface area contributed by atoms with E-state index in [1.54, 1.807) is 6.20 Å². The average molecular weight is 354 g/mol. The van der Waals surface area contributed by atoms with Gasteiger partial charge in [-0.25, -0.2) is 0 Å². The number of amides is 1. The summed E-state index contributed by atoms with van der Waals surface area (Å²) in [5.41, 5.74) is 1.28. The number of hydrogen-bond donors (Lipinski definition) is 0. The van der Waals surface area contributed by atoms with Crippen molar-refractivity contribution in [1.29, 1.82) is 0 Å². The van der Waals surface area contributed by atoms with Crippen LogP contribution in [0.25, 0.3) is 0 Å². The second-order valence-corrected chi connectivity index (χ2v) is 7.21. The van der Waals surface area contributed by atoms with Crippen LogP contribution in [0.4, 0.5) is 0 Å². The summed E-state index contributed by atoms with van der Waals surface area (Å²) >= 11 is 0. The SMILES string of the molecule is CCC(C(=O)N(CCc1ccccc1)C1CCN(C)CC1)n1cccn1. The lowest BCUT2D eigenvalue weighted by Crippen LogP contribution is -2.49. The molecule has 1 amide bonds. The highest BCUT2D eigenvalue weighted by Gasteiger charge is 2.31. The quantitative estimate of drug-likeness (QED) is 0.767. The Morgan fingerprint density at radius 1 is 1.23 bits per heavy atom. The Bertz CT molecular complexity index is 663. The fourth-order valence-electron chi connectivity index (χ4n) is 3.80. The largest absolute Gasteiger partial charge is 0.337 e. The summed E-state index contributed by atoms with van der Waals surface area (Å²) in [5, 5.41) is 4.33. The first kappa shape index (κ1) is 18.6. The highest BCUT2D eigenvalue weighted by Crippen LogP contribution is 2.22. The molecule has 0 saturated carbocycles. The molecule has 5 heteroatoms. The van der Waals surface area contributed by atoms with Crippen molar-refractivity contribution < 1.29 is 4.79 Å². The van der Waals surface area contributed by atoms with E-state index < -0.39 is 0 Å². The Morgan fingerprint density at radius 3 is 2.58 bits per heavy atom. The van der Waals surface area contributed by atoms with Gasteiger partial charge in [0.05, 0.1) is 0 Å². The molecule has 1 unspecified atom stereocenters. The third kappa shape index (κ3) is 4.52. The van der Waals surface area contributed by atoms with Gasteiger partial charge in [-0.1, -0.05) is 37.3 Å². The van der Waals surface area contributed by atoms with E-state index >= 15 is 0 Å². The molecule has 0 aliphatic carbocycles. The van der Waals surface area contributed by atoms with Crippen LogP contribution >= 0.6 is 0 Å². The molecule has 1 aliphatic rings. The van der Waals surface area contributed by atoms with Gasteiger partial charge in [0.2, 0.25) is 5.91 Å². The van der Waals surface area contributed by atoms with E-state index in [9.17, 15) is 4.79 Å². The van der Waals surface area contributed by atoms with Gasteiger partial charge in [-0.3, -0.25) is 9.48 Å². The van der Waals surface area contributed by atoms with Gasteiger partial charge in [0.25, 0.3) is 0 Å². The van der Waals surface area contributed by atoms with Gasteiger partial charge in [-0.2, -0.15) is 5.10 Å². The molecule has 1 aromatic carbocycles. The molecule has 1 fully saturated rings. The Morgan fingerprint density at radius 2 is 1.96 bits per heavy atom. The van der Waals surface area contributed by atoms with Crippen molar-refractivity contribution in [2.75, 3.05) is 26.7 Å². The molecule has 0 spiro atoms. The third-order valence-electron chi connectivity index (χ3n) is 5.41. The normalized spacial score (nSPS) is 17.2. The zero-order valence-corrected chi connectivity index (χ0v) is 15.9. The second kappa shape index (κ2) is 8.99. The maximum absolute atomic E-state index is 13.4. The number of hydrogen-bond acceptors (Lipinski definition) is 3. The van der Waals surface area contributed by atoms with Crippen molar-refractivity contribution in [2.24, 2.45) is 0 Å².